The van der Waals surface area contributed by atoms with Crippen LogP contribution in [0.15, 0.2) is 0 Å². The predicted octanol–water partition coefficient (Wildman–Crippen LogP) is 1.27. The lowest BCUT2D eigenvalue weighted by Crippen LogP contribution is -2.37. The molecule has 0 amide bonds. The van der Waals surface area contributed by atoms with E-state index in [-0.39, 0.29) is 17.9 Å². The molecule has 0 bridgehead atoms. The molecule has 0 saturated carbocycles. The average molecular weight is 180 g/mol. The van der Waals surface area contributed by atoms with Crippen LogP contribution in [0.3, 0.4) is 0 Å². The zero-order valence-electron chi connectivity index (χ0n) is 7.30. The maximum atomic E-state index is 11.0. The summed E-state index contributed by atoms with van der Waals surface area (Å²) >= 11 is 5.64. The summed E-state index contributed by atoms with van der Waals surface area (Å²) in [6.07, 6.45) is 0. The molecule has 66 valence electrons. The fourth-order valence-corrected chi connectivity index (χ4v) is 1.25. The van der Waals surface area contributed by atoms with Crippen LogP contribution in [0.4, 0.5) is 0 Å². The lowest BCUT2D eigenvalue weighted by Gasteiger charge is -2.22. The summed E-state index contributed by atoms with van der Waals surface area (Å²) < 4.78 is 5.91. The van der Waals surface area contributed by atoms with Gasteiger partial charge >= 0.3 is 5.97 Å². The Morgan fingerprint density at radius 3 is 2.09 bits per heavy atom. The second-order valence-corrected chi connectivity index (χ2v) is 3.27. The number of carbonyl (C=O) groups excluding carboxylic acids is 1. The van der Waals surface area contributed by atoms with Gasteiger partial charge in [-0.3, -0.25) is 4.79 Å². The van der Waals surface area contributed by atoms with Crippen LogP contribution in [0.1, 0.15) is 13.8 Å². The summed E-state index contributed by atoms with van der Waals surface area (Å²) in [5.41, 5.74) is 0. The van der Waals surface area contributed by atoms with Gasteiger partial charge in [0.1, 0.15) is 6.04 Å². The highest BCUT2D eigenvalue weighted by molar-refractivity contribution is 6.14. The minimum absolute atomic E-state index is 0.157. The second-order valence-electron chi connectivity index (χ2n) is 2.74. The molecule has 0 saturated heterocycles. The maximum Gasteiger partial charge on any atom is 0.324 e. The molecule has 0 unspecified atom stereocenters. The molecule has 11 heavy (non-hydrogen) atoms. The van der Waals surface area contributed by atoms with Crippen molar-refractivity contribution in [2.75, 3.05) is 14.2 Å². The van der Waals surface area contributed by atoms with E-state index in [0.717, 1.165) is 0 Å². The van der Waals surface area contributed by atoms with Crippen molar-refractivity contribution in [3.63, 3.8) is 0 Å². The Balaban J connectivity index is 4.22. The van der Waals surface area contributed by atoms with Gasteiger partial charge in [-0.15, -0.1) is 0 Å². The molecule has 0 aliphatic carbocycles. The van der Waals surface area contributed by atoms with E-state index < -0.39 is 0 Å². The second kappa shape index (κ2) is 4.57. The van der Waals surface area contributed by atoms with Crippen LogP contribution in [-0.2, 0) is 9.53 Å². The number of hydrogen-bond acceptors (Lipinski definition) is 3. The standard InChI is InChI=1S/C7H14ClNO2/c1-5(2)6(9(3)8)7(10)11-4/h5-6H,1-4H3/t6-/m0/s1. The number of rotatable bonds is 3. The first-order chi connectivity index (χ1) is 5.00. The highest BCUT2D eigenvalue weighted by Gasteiger charge is 2.26. The fraction of sp³-hybridized carbons (Fsp3) is 0.857. The van der Waals surface area contributed by atoms with Crippen molar-refractivity contribution >= 4 is 17.7 Å². The third-order valence-corrected chi connectivity index (χ3v) is 1.67. The molecular weight excluding hydrogens is 166 g/mol. The monoisotopic (exact) mass is 179 g/mol. The highest BCUT2D eigenvalue weighted by atomic mass is 35.5. The van der Waals surface area contributed by atoms with Crippen molar-refractivity contribution in [2.24, 2.45) is 5.92 Å². The number of esters is 1. The van der Waals surface area contributed by atoms with E-state index >= 15 is 0 Å². The molecule has 0 aliphatic rings. The molecule has 0 aromatic carbocycles. The van der Waals surface area contributed by atoms with Gasteiger partial charge in [-0.25, -0.2) is 4.42 Å². The molecule has 0 spiro atoms. The van der Waals surface area contributed by atoms with E-state index in [2.05, 4.69) is 4.74 Å². The number of nitrogens with zero attached hydrogens (tertiary/aromatic N) is 1. The molecule has 0 rings (SSSR count). The smallest absolute Gasteiger partial charge is 0.324 e. The number of hydrogen-bond donors (Lipinski definition) is 0. The zero-order valence-corrected chi connectivity index (χ0v) is 8.05. The zero-order chi connectivity index (χ0) is 9.02. The number of likely N-dealkylation sites (N-methyl/N-ethyl adjacent to an activating group) is 1. The molecule has 3 nitrogen and oxygen atoms in total. The summed E-state index contributed by atoms with van der Waals surface area (Å²) in [5, 5.41) is 0. The molecule has 0 N–H and O–H groups in total. The minimum Gasteiger partial charge on any atom is -0.468 e. The van der Waals surface area contributed by atoms with Crippen molar-refractivity contribution < 1.29 is 9.53 Å². The van der Waals surface area contributed by atoms with Crippen LogP contribution < -0.4 is 0 Å². The van der Waals surface area contributed by atoms with E-state index in [1.54, 1.807) is 7.05 Å². The predicted molar refractivity (Wildman–Crippen MR) is 44.3 cm³/mol. The number of methoxy groups -OCH3 is 1. The first-order valence-corrected chi connectivity index (χ1v) is 3.81. The summed E-state index contributed by atoms with van der Waals surface area (Å²) in [7, 11) is 3.00. The summed E-state index contributed by atoms with van der Waals surface area (Å²) in [6.45, 7) is 3.83. The average Bonchev–Trinajstić information content (AvgIpc) is 1.85. The minimum atomic E-state index is -0.360. The lowest BCUT2D eigenvalue weighted by atomic mass is 10.1. The van der Waals surface area contributed by atoms with Crippen molar-refractivity contribution in [3.8, 4) is 0 Å². The van der Waals surface area contributed by atoms with Crippen LogP contribution in [0.2, 0.25) is 0 Å². The van der Waals surface area contributed by atoms with Gasteiger partial charge in [0.15, 0.2) is 0 Å². The molecule has 4 heteroatoms. The fourth-order valence-electron chi connectivity index (χ4n) is 0.949. The van der Waals surface area contributed by atoms with Gasteiger partial charge in [0, 0.05) is 7.05 Å². The van der Waals surface area contributed by atoms with Crippen molar-refractivity contribution in [1.82, 2.24) is 4.42 Å². The first kappa shape index (κ1) is 10.7. The van der Waals surface area contributed by atoms with E-state index in [0.29, 0.717) is 0 Å². The van der Waals surface area contributed by atoms with Gasteiger partial charge in [-0.05, 0) is 17.7 Å². The van der Waals surface area contributed by atoms with E-state index in [4.69, 9.17) is 11.8 Å². The third kappa shape index (κ3) is 3.08. The SMILES string of the molecule is COC(=O)[C@H](C(C)C)N(C)Cl. The number of halogens is 1. The topological polar surface area (TPSA) is 29.5 Å². The van der Waals surface area contributed by atoms with E-state index in [9.17, 15) is 4.79 Å². The summed E-state index contributed by atoms with van der Waals surface area (Å²) in [4.78, 5) is 11.0. The molecule has 1 atom stereocenters. The number of carbonyl (C=O) groups is 1. The van der Waals surface area contributed by atoms with Crippen LogP contribution in [0.25, 0.3) is 0 Å². The van der Waals surface area contributed by atoms with E-state index in [1.807, 2.05) is 13.8 Å². The number of ether oxygens (including phenoxy) is 1. The first-order valence-electron chi connectivity index (χ1n) is 3.47. The Morgan fingerprint density at radius 2 is 2.00 bits per heavy atom. The lowest BCUT2D eigenvalue weighted by molar-refractivity contribution is -0.146. The molecule has 0 heterocycles. The molecule has 0 fully saturated rings. The van der Waals surface area contributed by atoms with Gasteiger partial charge in [0.2, 0.25) is 0 Å². The van der Waals surface area contributed by atoms with Crippen molar-refractivity contribution in [1.29, 1.82) is 0 Å². The van der Waals surface area contributed by atoms with Crippen molar-refractivity contribution in [2.45, 2.75) is 19.9 Å². The molecule has 0 aromatic rings. The van der Waals surface area contributed by atoms with Gasteiger partial charge < -0.3 is 4.74 Å². The Labute approximate surface area is 72.4 Å². The largest absolute Gasteiger partial charge is 0.468 e. The Kier molecular flexibility index (Phi) is 4.45. The quantitative estimate of drug-likeness (QED) is 0.483. The summed E-state index contributed by atoms with van der Waals surface area (Å²) in [6, 6.07) is -0.360. The normalized spacial score (nSPS) is 13.7. The van der Waals surface area contributed by atoms with Crippen molar-refractivity contribution in [3.05, 3.63) is 0 Å². The van der Waals surface area contributed by atoms with Crippen LogP contribution in [0, 0.1) is 5.92 Å². The third-order valence-electron chi connectivity index (χ3n) is 1.46. The van der Waals surface area contributed by atoms with Gasteiger partial charge in [0.05, 0.1) is 7.11 Å². The Bertz CT molecular complexity index is 128. The van der Waals surface area contributed by atoms with Crippen LogP contribution >= 0.6 is 11.8 Å². The maximum absolute atomic E-state index is 11.0. The Hall–Kier alpha value is -0.280. The van der Waals surface area contributed by atoms with Gasteiger partial charge in [-0.2, -0.15) is 0 Å². The summed E-state index contributed by atoms with van der Waals surface area (Å²) in [5.74, 6) is -0.137. The molecular formula is C7H14ClNO2. The van der Waals surface area contributed by atoms with E-state index in [1.165, 1.54) is 11.5 Å². The molecule has 0 aromatic heterocycles. The van der Waals surface area contributed by atoms with Crippen LogP contribution in [0.5, 0.6) is 0 Å². The Morgan fingerprint density at radius 1 is 1.55 bits per heavy atom. The molecule has 0 radical (unpaired) electrons. The van der Waals surface area contributed by atoms with Gasteiger partial charge in [-0.1, -0.05) is 13.8 Å². The molecule has 0 aliphatic heterocycles. The van der Waals surface area contributed by atoms with Gasteiger partial charge in [0.25, 0.3) is 0 Å². The van der Waals surface area contributed by atoms with Crippen LogP contribution in [-0.4, -0.2) is 30.6 Å². The highest BCUT2D eigenvalue weighted by Crippen LogP contribution is 2.12.